The lowest BCUT2D eigenvalue weighted by atomic mass is 10.2. The maximum atomic E-state index is 12.2. The van der Waals surface area contributed by atoms with Crippen molar-refractivity contribution in [2.75, 3.05) is 0 Å². The van der Waals surface area contributed by atoms with Gasteiger partial charge in [0.25, 0.3) is 0 Å². The molecule has 6 nitrogen and oxygen atoms in total. The number of nitrogens with one attached hydrogen (secondary N) is 2. The van der Waals surface area contributed by atoms with Crippen molar-refractivity contribution in [3.05, 3.63) is 46.8 Å². The van der Waals surface area contributed by atoms with Crippen molar-refractivity contribution in [2.24, 2.45) is 0 Å². The Morgan fingerprint density at radius 3 is 2.33 bits per heavy atom. The minimum absolute atomic E-state index is 0.100. The highest BCUT2D eigenvalue weighted by Crippen LogP contribution is 2.14. The third-order valence-corrected chi connectivity index (χ3v) is 4.71. The van der Waals surface area contributed by atoms with Crippen LogP contribution in [0.4, 0.5) is 0 Å². The number of sulfonamides is 1. The molecule has 21 heavy (non-hydrogen) atoms. The number of ketones is 1. The zero-order chi connectivity index (χ0) is 15.6. The van der Waals surface area contributed by atoms with Crippen LogP contribution in [0, 0.1) is 13.8 Å². The molecule has 0 radical (unpaired) electrons. The fraction of sp³-hybridized carbons (Fsp3) is 0.286. The zero-order valence-corrected chi connectivity index (χ0v) is 12.9. The van der Waals surface area contributed by atoms with Gasteiger partial charge in [0.15, 0.2) is 5.78 Å². The minimum Gasteiger partial charge on any atom is -0.295 e. The summed E-state index contributed by atoms with van der Waals surface area (Å²) >= 11 is 0. The van der Waals surface area contributed by atoms with Crippen molar-refractivity contribution >= 4 is 15.8 Å². The van der Waals surface area contributed by atoms with E-state index < -0.39 is 10.0 Å². The van der Waals surface area contributed by atoms with Gasteiger partial charge in [0.05, 0.1) is 10.6 Å². The van der Waals surface area contributed by atoms with Crippen molar-refractivity contribution in [2.45, 2.75) is 32.2 Å². The molecular weight excluding hydrogens is 290 g/mol. The largest absolute Gasteiger partial charge is 0.295 e. The number of rotatable bonds is 5. The van der Waals surface area contributed by atoms with Gasteiger partial charge in [-0.05, 0) is 32.9 Å². The van der Waals surface area contributed by atoms with E-state index in [1.165, 1.54) is 31.2 Å². The van der Waals surface area contributed by atoms with Crippen LogP contribution in [0.15, 0.2) is 29.2 Å². The summed E-state index contributed by atoms with van der Waals surface area (Å²) in [5, 5.41) is 6.83. The van der Waals surface area contributed by atoms with Crippen molar-refractivity contribution < 1.29 is 13.2 Å². The average molecular weight is 307 g/mol. The van der Waals surface area contributed by atoms with E-state index in [1.807, 2.05) is 13.8 Å². The van der Waals surface area contributed by atoms with Gasteiger partial charge in [-0.2, -0.15) is 5.10 Å². The predicted molar refractivity (Wildman–Crippen MR) is 78.5 cm³/mol. The molecule has 0 aliphatic carbocycles. The fourth-order valence-electron chi connectivity index (χ4n) is 1.95. The van der Waals surface area contributed by atoms with Crippen LogP contribution in [0.3, 0.4) is 0 Å². The van der Waals surface area contributed by atoms with Crippen LogP contribution in [0.25, 0.3) is 0 Å². The molecule has 0 saturated carbocycles. The van der Waals surface area contributed by atoms with E-state index in [9.17, 15) is 13.2 Å². The number of aromatic nitrogens is 2. The SMILES string of the molecule is CC(=O)c1ccc(S(=O)(=O)NCc2c(C)n[nH]c2C)cc1. The van der Waals surface area contributed by atoms with Crippen molar-refractivity contribution in [1.29, 1.82) is 0 Å². The Morgan fingerprint density at radius 1 is 1.24 bits per heavy atom. The van der Waals surface area contributed by atoms with E-state index in [0.717, 1.165) is 17.0 Å². The van der Waals surface area contributed by atoms with Gasteiger partial charge in [-0.25, -0.2) is 13.1 Å². The normalized spacial score (nSPS) is 11.6. The third kappa shape index (κ3) is 3.37. The Labute approximate surface area is 123 Å². The maximum absolute atomic E-state index is 12.2. The second kappa shape index (κ2) is 5.79. The van der Waals surface area contributed by atoms with Crippen LogP contribution in [-0.2, 0) is 16.6 Å². The Kier molecular flexibility index (Phi) is 4.24. The lowest BCUT2D eigenvalue weighted by Gasteiger charge is -2.07. The van der Waals surface area contributed by atoms with Crippen molar-refractivity contribution in [1.82, 2.24) is 14.9 Å². The second-order valence-corrected chi connectivity index (χ2v) is 6.58. The molecule has 0 amide bonds. The van der Waals surface area contributed by atoms with E-state index in [4.69, 9.17) is 0 Å². The molecule has 0 saturated heterocycles. The molecule has 1 aromatic heterocycles. The van der Waals surface area contributed by atoms with Crippen LogP contribution in [-0.4, -0.2) is 24.4 Å². The lowest BCUT2D eigenvalue weighted by molar-refractivity contribution is 0.101. The van der Waals surface area contributed by atoms with Crippen LogP contribution >= 0.6 is 0 Å². The number of aryl methyl sites for hydroxylation is 2. The number of carbonyl (C=O) groups excluding carboxylic acids is 1. The molecule has 112 valence electrons. The van der Waals surface area contributed by atoms with E-state index in [0.29, 0.717) is 5.56 Å². The van der Waals surface area contributed by atoms with Crippen LogP contribution in [0.5, 0.6) is 0 Å². The van der Waals surface area contributed by atoms with Gasteiger partial charge in [0, 0.05) is 23.4 Å². The Bertz CT molecular complexity index is 742. The zero-order valence-electron chi connectivity index (χ0n) is 12.1. The predicted octanol–water partition coefficient (Wildman–Crippen LogP) is 1.71. The van der Waals surface area contributed by atoms with Gasteiger partial charge in [0.1, 0.15) is 0 Å². The molecule has 7 heteroatoms. The molecule has 0 bridgehead atoms. The second-order valence-electron chi connectivity index (χ2n) is 4.82. The number of nitrogens with zero attached hydrogens (tertiary/aromatic N) is 1. The summed E-state index contributed by atoms with van der Waals surface area (Å²) in [7, 11) is -3.62. The number of hydrogen-bond acceptors (Lipinski definition) is 4. The van der Waals surface area contributed by atoms with Crippen molar-refractivity contribution in [3.63, 3.8) is 0 Å². The molecule has 0 aliphatic rings. The first-order chi connectivity index (χ1) is 9.81. The number of hydrogen-bond donors (Lipinski definition) is 2. The molecule has 0 unspecified atom stereocenters. The standard InChI is InChI=1S/C14H17N3O3S/c1-9-14(10(2)17-16-9)8-15-21(19,20)13-6-4-12(5-7-13)11(3)18/h4-7,15H,8H2,1-3H3,(H,16,17). The molecule has 1 aromatic carbocycles. The third-order valence-electron chi connectivity index (χ3n) is 3.29. The molecule has 0 atom stereocenters. The number of carbonyl (C=O) groups is 1. The summed E-state index contributed by atoms with van der Waals surface area (Å²) in [5.41, 5.74) is 2.92. The minimum atomic E-state index is -3.62. The first kappa shape index (κ1) is 15.4. The van der Waals surface area contributed by atoms with Crippen molar-refractivity contribution in [3.8, 4) is 0 Å². The quantitative estimate of drug-likeness (QED) is 0.823. The monoisotopic (exact) mass is 307 g/mol. The summed E-state index contributed by atoms with van der Waals surface area (Å²) in [6.45, 7) is 5.26. The summed E-state index contributed by atoms with van der Waals surface area (Å²) < 4.78 is 26.9. The lowest BCUT2D eigenvalue weighted by Crippen LogP contribution is -2.23. The average Bonchev–Trinajstić information content (AvgIpc) is 2.76. The summed E-state index contributed by atoms with van der Waals surface area (Å²) in [4.78, 5) is 11.3. The van der Waals surface area contributed by atoms with Gasteiger partial charge in [-0.1, -0.05) is 12.1 Å². The van der Waals surface area contributed by atoms with E-state index in [1.54, 1.807) is 0 Å². The summed E-state index contributed by atoms with van der Waals surface area (Å²) in [6.07, 6.45) is 0. The highest BCUT2D eigenvalue weighted by atomic mass is 32.2. The number of Topliss-reactive ketones (excluding diaryl/α,β-unsaturated/α-hetero) is 1. The molecule has 0 spiro atoms. The number of aromatic amines is 1. The first-order valence-corrected chi connectivity index (χ1v) is 7.90. The van der Waals surface area contributed by atoms with Gasteiger partial charge in [0.2, 0.25) is 10.0 Å². The Morgan fingerprint density at radius 2 is 1.86 bits per heavy atom. The smallest absolute Gasteiger partial charge is 0.240 e. The van der Waals surface area contributed by atoms with Gasteiger partial charge >= 0.3 is 0 Å². The van der Waals surface area contributed by atoms with Gasteiger partial charge in [-0.3, -0.25) is 9.89 Å². The molecule has 0 fully saturated rings. The highest BCUT2D eigenvalue weighted by molar-refractivity contribution is 7.89. The Hall–Kier alpha value is -1.99. The molecule has 0 aliphatic heterocycles. The topological polar surface area (TPSA) is 91.9 Å². The van der Waals surface area contributed by atoms with Gasteiger partial charge in [-0.15, -0.1) is 0 Å². The molecule has 2 N–H and O–H groups in total. The van der Waals surface area contributed by atoms with Crippen LogP contribution in [0.2, 0.25) is 0 Å². The molecule has 2 rings (SSSR count). The first-order valence-electron chi connectivity index (χ1n) is 6.42. The Balaban J connectivity index is 2.17. The number of H-pyrrole nitrogens is 1. The highest BCUT2D eigenvalue weighted by Gasteiger charge is 2.16. The van der Waals surface area contributed by atoms with E-state index in [2.05, 4.69) is 14.9 Å². The van der Waals surface area contributed by atoms with E-state index >= 15 is 0 Å². The molecule has 1 heterocycles. The number of benzene rings is 1. The van der Waals surface area contributed by atoms with E-state index in [-0.39, 0.29) is 17.2 Å². The maximum Gasteiger partial charge on any atom is 0.240 e. The summed E-state index contributed by atoms with van der Waals surface area (Å²) in [6, 6.07) is 5.86. The van der Waals surface area contributed by atoms with Gasteiger partial charge < -0.3 is 0 Å². The molecular formula is C14H17N3O3S. The molecule has 2 aromatic rings. The fourth-order valence-corrected chi connectivity index (χ4v) is 2.95. The van der Waals surface area contributed by atoms with Crippen LogP contribution < -0.4 is 4.72 Å². The van der Waals surface area contributed by atoms with Crippen LogP contribution in [0.1, 0.15) is 34.2 Å². The summed E-state index contributed by atoms with van der Waals surface area (Å²) in [5.74, 6) is -0.100.